The number of pyridine rings is 1. The zero-order valence-corrected chi connectivity index (χ0v) is 20.9. The Morgan fingerprint density at radius 2 is 1.89 bits per heavy atom. The van der Waals surface area contributed by atoms with Crippen molar-refractivity contribution in [3.63, 3.8) is 0 Å². The lowest BCUT2D eigenvalue weighted by molar-refractivity contribution is 0.0488. The maximum absolute atomic E-state index is 13.7. The summed E-state index contributed by atoms with van der Waals surface area (Å²) in [4.78, 5) is 40.4. The van der Waals surface area contributed by atoms with Crippen LogP contribution in [0.3, 0.4) is 0 Å². The molecule has 0 saturated carbocycles. The van der Waals surface area contributed by atoms with E-state index in [1.54, 1.807) is 29.3 Å². The van der Waals surface area contributed by atoms with Gasteiger partial charge < -0.3 is 15.1 Å². The van der Waals surface area contributed by atoms with Crippen LogP contribution in [0.2, 0.25) is 0 Å². The normalized spacial score (nSPS) is 16.3. The van der Waals surface area contributed by atoms with Crippen LogP contribution in [0.5, 0.6) is 0 Å². The molecule has 7 nitrogen and oxygen atoms in total. The van der Waals surface area contributed by atoms with Crippen LogP contribution in [-0.2, 0) is 0 Å². The second-order valence-corrected chi connectivity index (χ2v) is 10.1. The van der Waals surface area contributed by atoms with Crippen LogP contribution in [0.1, 0.15) is 25.9 Å². The highest BCUT2D eigenvalue weighted by Gasteiger charge is 2.33. The highest BCUT2D eigenvalue weighted by Crippen LogP contribution is 2.32. The van der Waals surface area contributed by atoms with Crippen molar-refractivity contribution >= 4 is 34.1 Å². The number of fused-ring (bicyclic) bond motifs is 1. The molecule has 1 N–H and O–H groups in total. The number of aryl methyl sites for hydroxylation is 1. The van der Waals surface area contributed by atoms with Gasteiger partial charge in [0.15, 0.2) is 0 Å². The molecular formula is C27H26FN5O2S. The number of halogens is 1. The number of amides is 2. The van der Waals surface area contributed by atoms with Gasteiger partial charge in [0, 0.05) is 37.8 Å². The summed E-state index contributed by atoms with van der Waals surface area (Å²) in [7, 11) is 2.00. The first-order chi connectivity index (χ1) is 17.4. The second kappa shape index (κ2) is 10.1. The number of para-hydroxylation sites is 1. The van der Waals surface area contributed by atoms with Gasteiger partial charge in [-0.25, -0.2) is 9.37 Å². The molecule has 184 valence electrons. The predicted octanol–water partition coefficient (Wildman–Crippen LogP) is 3.99. The van der Waals surface area contributed by atoms with E-state index < -0.39 is 0 Å². The molecule has 1 aliphatic rings. The number of aromatic nitrogens is 2. The predicted molar refractivity (Wildman–Crippen MR) is 139 cm³/mol. The van der Waals surface area contributed by atoms with Crippen molar-refractivity contribution in [2.45, 2.75) is 13.0 Å². The Labute approximate surface area is 212 Å². The molecule has 1 unspecified atom stereocenters. The van der Waals surface area contributed by atoms with Crippen molar-refractivity contribution in [3.8, 4) is 10.4 Å². The van der Waals surface area contributed by atoms with Gasteiger partial charge in [0.05, 0.1) is 27.0 Å². The van der Waals surface area contributed by atoms with Crippen LogP contribution in [0.15, 0.2) is 60.8 Å². The summed E-state index contributed by atoms with van der Waals surface area (Å²) in [5.41, 5.74) is 2.27. The van der Waals surface area contributed by atoms with Crippen molar-refractivity contribution in [1.29, 1.82) is 0 Å². The third-order valence-electron chi connectivity index (χ3n) is 6.37. The van der Waals surface area contributed by atoms with Gasteiger partial charge in [-0.3, -0.25) is 14.6 Å². The van der Waals surface area contributed by atoms with Crippen LogP contribution in [-0.4, -0.2) is 70.9 Å². The van der Waals surface area contributed by atoms with Gasteiger partial charge in [-0.15, -0.1) is 11.3 Å². The average molecular weight is 504 g/mol. The molecule has 1 saturated heterocycles. The molecular weight excluding hydrogens is 477 g/mol. The molecule has 1 aliphatic heterocycles. The van der Waals surface area contributed by atoms with Crippen LogP contribution in [0.25, 0.3) is 21.3 Å². The van der Waals surface area contributed by atoms with E-state index in [1.165, 1.54) is 23.5 Å². The highest BCUT2D eigenvalue weighted by molar-refractivity contribution is 7.15. The lowest BCUT2D eigenvalue weighted by Crippen LogP contribution is -2.58. The number of rotatable bonds is 5. The molecule has 3 heterocycles. The number of nitrogens with zero attached hydrogens (tertiary/aromatic N) is 4. The van der Waals surface area contributed by atoms with E-state index in [0.717, 1.165) is 27.4 Å². The Kier molecular flexibility index (Phi) is 6.75. The summed E-state index contributed by atoms with van der Waals surface area (Å²) in [6.07, 6.45) is 1.67. The molecule has 5 rings (SSSR count). The van der Waals surface area contributed by atoms with E-state index >= 15 is 0 Å². The highest BCUT2D eigenvalue weighted by atomic mass is 32.1. The number of hydrogen-bond donors (Lipinski definition) is 1. The molecule has 2 aromatic heterocycles. The van der Waals surface area contributed by atoms with E-state index in [-0.39, 0.29) is 23.7 Å². The number of benzene rings is 2. The minimum absolute atomic E-state index is 0.183. The minimum atomic E-state index is -0.330. The first-order valence-electron chi connectivity index (χ1n) is 11.8. The molecule has 0 spiro atoms. The van der Waals surface area contributed by atoms with Crippen LogP contribution < -0.4 is 5.32 Å². The van der Waals surface area contributed by atoms with Crippen LogP contribution in [0.4, 0.5) is 4.39 Å². The molecule has 0 aliphatic carbocycles. The topological polar surface area (TPSA) is 78.4 Å². The molecule has 4 aromatic rings. The lowest BCUT2D eigenvalue weighted by Gasteiger charge is -2.40. The fraction of sp³-hybridized carbons (Fsp3) is 0.259. The number of hydrogen-bond acceptors (Lipinski definition) is 6. The van der Waals surface area contributed by atoms with Crippen molar-refractivity contribution in [2.24, 2.45) is 0 Å². The van der Waals surface area contributed by atoms with E-state index in [9.17, 15) is 14.0 Å². The number of nitrogens with one attached hydrogen (secondary N) is 1. The first-order valence-corrected chi connectivity index (χ1v) is 12.6. The van der Waals surface area contributed by atoms with E-state index in [4.69, 9.17) is 0 Å². The van der Waals surface area contributed by atoms with Gasteiger partial charge >= 0.3 is 0 Å². The maximum Gasteiger partial charge on any atom is 0.274 e. The summed E-state index contributed by atoms with van der Waals surface area (Å²) < 4.78 is 13.5. The monoisotopic (exact) mass is 503 g/mol. The lowest BCUT2D eigenvalue weighted by atomic mass is 10.1. The summed E-state index contributed by atoms with van der Waals surface area (Å²) in [5, 5.41) is 4.68. The van der Waals surface area contributed by atoms with Crippen molar-refractivity contribution in [3.05, 3.63) is 82.9 Å². The minimum Gasteiger partial charge on any atom is -0.350 e. The Hall–Kier alpha value is -3.69. The summed E-state index contributed by atoms with van der Waals surface area (Å²) in [6.45, 7) is 4.01. The van der Waals surface area contributed by atoms with E-state index in [0.29, 0.717) is 36.4 Å². The fourth-order valence-corrected chi connectivity index (χ4v) is 5.47. The summed E-state index contributed by atoms with van der Waals surface area (Å²) in [6, 6.07) is 15.1. The zero-order valence-electron chi connectivity index (χ0n) is 20.1. The molecule has 2 aromatic carbocycles. The van der Waals surface area contributed by atoms with Gasteiger partial charge in [0.2, 0.25) is 0 Å². The maximum atomic E-state index is 13.7. The zero-order chi connectivity index (χ0) is 25.2. The molecule has 0 radical (unpaired) electrons. The van der Waals surface area contributed by atoms with E-state index in [2.05, 4.69) is 20.2 Å². The Balaban J connectivity index is 1.37. The van der Waals surface area contributed by atoms with Gasteiger partial charge in [0.25, 0.3) is 11.8 Å². The molecule has 2 amide bonds. The molecule has 0 bridgehead atoms. The summed E-state index contributed by atoms with van der Waals surface area (Å²) in [5.74, 6) is -0.738. The third-order valence-corrected chi connectivity index (χ3v) is 7.39. The SMILES string of the molecule is Cc1nc(C(=O)N2CCN(C)CC2CNC(=O)c2cccc3cccnc23)c(-c2ccc(F)cc2)s1. The quantitative estimate of drug-likeness (QED) is 0.446. The Morgan fingerprint density at radius 1 is 1.11 bits per heavy atom. The van der Waals surface area contributed by atoms with Crippen molar-refractivity contribution in [1.82, 2.24) is 25.1 Å². The van der Waals surface area contributed by atoms with Gasteiger partial charge in [-0.05, 0) is 43.8 Å². The summed E-state index contributed by atoms with van der Waals surface area (Å²) >= 11 is 1.42. The largest absolute Gasteiger partial charge is 0.350 e. The Morgan fingerprint density at radius 3 is 2.69 bits per heavy atom. The van der Waals surface area contributed by atoms with Gasteiger partial charge in [-0.1, -0.05) is 30.3 Å². The number of likely N-dealkylation sites (N-methyl/N-ethyl adjacent to an activating group) is 1. The van der Waals surface area contributed by atoms with Crippen molar-refractivity contribution < 1.29 is 14.0 Å². The molecule has 1 fully saturated rings. The number of piperazine rings is 1. The molecule has 36 heavy (non-hydrogen) atoms. The van der Waals surface area contributed by atoms with Crippen molar-refractivity contribution in [2.75, 3.05) is 33.2 Å². The Bertz CT molecular complexity index is 1420. The smallest absolute Gasteiger partial charge is 0.274 e. The number of carbonyl (C=O) groups is 2. The average Bonchev–Trinajstić information content (AvgIpc) is 3.28. The molecule has 1 atom stereocenters. The number of carbonyl (C=O) groups excluding carboxylic acids is 2. The molecule has 9 heteroatoms. The van der Waals surface area contributed by atoms with Gasteiger partial charge in [-0.2, -0.15) is 0 Å². The first kappa shape index (κ1) is 24.0. The van der Waals surface area contributed by atoms with Crippen LogP contribution in [0, 0.1) is 12.7 Å². The standard InChI is InChI=1S/C27H26FN5O2S/c1-17-31-24(25(36-17)19-8-10-20(28)11-9-19)27(35)33-14-13-32(2)16-21(33)15-30-26(34)22-7-3-5-18-6-4-12-29-23(18)22/h3-12,21H,13-16H2,1-2H3,(H,30,34). The van der Waals surface area contributed by atoms with Crippen LogP contribution >= 0.6 is 11.3 Å². The fourth-order valence-electron chi connectivity index (χ4n) is 4.55. The second-order valence-electron chi connectivity index (χ2n) is 8.92. The van der Waals surface area contributed by atoms with Gasteiger partial charge in [0.1, 0.15) is 11.5 Å². The third kappa shape index (κ3) is 4.84. The number of thiazole rings is 1. The van der Waals surface area contributed by atoms with E-state index in [1.807, 2.05) is 38.2 Å².